The third-order valence-electron chi connectivity index (χ3n) is 4.97. The summed E-state index contributed by atoms with van der Waals surface area (Å²) in [6, 6.07) is 18.9. The van der Waals surface area contributed by atoms with Crippen LogP contribution in [0.1, 0.15) is 45.7 Å². The van der Waals surface area contributed by atoms with Crippen LogP contribution in [-0.2, 0) is 11.2 Å². The molecule has 0 atom stereocenters. The van der Waals surface area contributed by atoms with Crippen LogP contribution in [0, 0.1) is 6.92 Å². The summed E-state index contributed by atoms with van der Waals surface area (Å²) in [5, 5.41) is 2.79. The first kappa shape index (κ1) is 25.3. The van der Waals surface area contributed by atoms with E-state index in [1.54, 1.807) is 54.6 Å². The van der Waals surface area contributed by atoms with Crippen molar-refractivity contribution in [1.29, 1.82) is 0 Å². The van der Waals surface area contributed by atoms with E-state index in [-0.39, 0.29) is 18.2 Å². The van der Waals surface area contributed by atoms with Crippen LogP contribution in [0.25, 0.3) is 0 Å². The minimum absolute atomic E-state index is 0.0523. The largest absolute Gasteiger partial charge is 0.490 e. The summed E-state index contributed by atoms with van der Waals surface area (Å²) >= 11 is 0. The van der Waals surface area contributed by atoms with Crippen LogP contribution in [-0.4, -0.2) is 30.9 Å². The Kier molecular flexibility index (Phi) is 8.83. The Labute approximate surface area is 204 Å². The zero-order chi connectivity index (χ0) is 25.2. The van der Waals surface area contributed by atoms with Crippen LogP contribution in [0.4, 0.5) is 5.69 Å². The van der Waals surface area contributed by atoms with Gasteiger partial charge in [-0.3, -0.25) is 25.2 Å². The number of carbonyl (C=O) groups excluding carboxylic acids is 3. The first-order valence-corrected chi connectivity index (χ1v) is 11.4. The van der Waals surface area contributed by atoms with Crippen molar-refractivity contribution in [2.24, 2.45) is 0 Å². The maximum atomic E-state index is 12.4. The highest BCUT2D eigenvalue weighted by atomic mass is 16.5. The summed E-state index contributed by atoms with van der Waals surface area (Å²) in [4.78, 5) is 37.1. The van der Waals surface area contributed by atoms with Crippen LogP contribution in [0.3, 0.4) is 0 Å². The minimum atomic E-state index is -0.475. The first-order chi connectivity index (χ1) is 16.9. The zero-order valence-corrected chi connectivity index (χ0v) is 20.0. The molecule has 0 aliphatic rings. The number of rotatable bonds is 9. The molecule has 0 heterocycles. The Hall–Kier alpha value is -4.33. The SMILES string of the molecule is CCOc1ccc(CC(=O)NNC(=O)c2ccc(NC(=O)c3cccc(C)c3)cc2)cc1OCC. The Morgan fingerprint density at radius 3 is 2.14 bits per heavy atom. The number of carbonyl (C=O) groups is 3. The average Bonchev–Trinajstić information content (AvgIpc) is 2.85. The molecule has 0 radical (unpaired) electrons. The number of benzene rings is 3. The summed E-state index contributed by atoms with van der Waals surface area (Å²) in [5.74, 6) is 0.0900. The maximum absolute atomic E-state index is 12.4. The number of amides is 3. The molecule has 182 valence electrons. The highest BCUT2D eigenvalue weighted by Crippen LogP contribution is 2.28. The quantitative estimate of drug-likeness (QED) is 0.405. The van der Waals surface area contributed by atoms with Crippen molar-refractivity contribution in [2.45, 2.75) is 27.2 Å². The van der Waals surface area contributed by atoms with Gasteiger partial charge in [-0.2, -0.15) is 0 Å². The van der Waals surface area contributed by atoms with Gasteiger partial charge in [0.15, 0.2) is 11.5 Å². The molecule has 0 unspecified atom stereocenters. The van der Waals surface area contributed by atoms with Gasteiger partial charge >= 0.3 is 0 Å². The molecule has 0 aliphatic heterocycles. The molecular weight excluding hydrogens is 446 g/mol. The van der Waals surface area contributed by atoms with Crippen LogP contribution in [0.5, 0.6) is 11.5 Å². The van der Waals surface area contributed by atoms with E-state index < -0.39 is 5.91 Å². The lowest BCUT2D eigenvalue weighted by Gasteiger charge is -2.13. The number of hydrogen-bond acceptors (Lipinski definition) is 5. The van der Waals surface area contributed by atoms with Crippen molar-refractivity contribution < 1.29 is 23.9 Å². The van der Waals surface area contributed by atoms with Gasteiger partial charge < -0.3 is 14.8 Å². The fourth-order valence-electron chi connectivity index (χ4n) is 3.33. The Bertz CT molecular complexity index is 1190. The van der Waals surface area contributed by atoms with E-state index in [2.05, 4.69) is 16.2 Å². The zero-order valence-electron chi connectivity index (χ0n) is 20.0. The van der Waals surface area contributed by atoms with Gasteiger partial charge in [-0.15, -0.1) is 0 Å². The van der Waals surface area contributed by atoms with Gasteiger partial charge in [0, 0.05) is 16.8 Å². The summed E-state index contributed by atoms with van der Waals surface area (Å²) < 4.78 is 11.1. The minimum Gasteiger partial charge on any atom is -0.490 e. The molecule has 3 N–H and O–H groups in total. The third-order valence-corrected chi connectivity index (χ3v) is 4.97. The van der Waals surface area contributed by atoms with Gasteiger partial charge in [-0.05, 0) is 74.9 Å². The molecule has 0 spiro atoms. The molecule has 0 aliphatic carbocycles. The van der Waals surface area contributed by atoms with Crippen molar-refractivity contribution in [3.63, 3.8) is 0 Å². The van der Waals surface area contributed by atoms with Crippen molar-refractivity contribution >= 4 is 23.4 Å². The normalized spacial score (nSPS) is 10.3. The molecule has 0 saturated heterocycles. The van der Waals surface area contributed by atoms with E-state index in [1.807, 2.05) is 32.9 Å². The Morgan fingerprint density at radius 1 is 0.743 bits per heavy atom. The first-order valence-electron chi connectivity index (χ1n) is 11.4. The van der Waals surface area contributed by atoms with Crippen molar-refractivity contribution in [3.8, 4) is 11.5 Å². The lowest BCUT2D eigenvalue weighted by Crippen LogP contribution is -2.42. The van der Waals surface area contributed by atoms with E-state index in [9.17, 15) is 14.4 Å². The fraction of sp³-hybridized carbons (Fsp3) is 0.222. The standard InChI is InChI=1S/C27H29N3O5/c1-4-34-23-14-9-19(16-24(23)35-5-2)17-25(31)29-30-27(33)20-10-12-22(13-11-20)28-26(32)21-8-6-7-18(3)15-21/h6-16H,4-5,17H2,1-3H3,(H,28,32)(H,29,31)(H,30,33). The Balaban J connectivity index is 1.52. The molecule has 3 aromatic rings. The summed E-state index contributed by atoms with van der Waals surface area (Å²) in [7, 11) is 0. The fourth-order valence-corrected chi connectivity index (χ4v) is 3.33. The van der Waals surface area contributed by atoms with E-state index in [0.29, 0.717) is 41.5 Å². The van der Waals surface area contributed by atoms with Crippen molar-refractivity contribution in [1.82, 2.24) is 10.9 Å². The smallest absolute Gasteiger partial charge is 0.269 e. The molecule has 3 rings (SSSR count). The second kappa shape index (κ2) is 12.2. The third kappa shape index (κ3) is 7.33. The number of aryl methyl sites for hydroxylation is 1. The van der Waals surface area contributed by atoms with Crippen LogP contribution in [0.15, 0.2) is 66.7 Å². The molecule has 8 nitrogen and oxygen atoms in total. The number of hydrazine groups is 1. The van der Waals surface area contributed by atoms with E-state index in [1.165, 1.54) is 0 Å². The molecule has 0 aromatic heterocycles. The lowest BCUT2D eigenvalue weighted by molar-refractivity contribution is -0.121. The molecule has 0 fully saturated rings. The molecule has 0 saturated carbocycles. The van der Waals surface area contributed by atoms with Crippen molar-refractivity contribution in [3.05, 3.63) is 89.0 Å². The van der Waals surface area contributed by atoms with Crippen LogP contribution in [0.2, 0.25) is 0 Å². The molecule has 35 heavy (non-hydrogen) atoms. The summed E-state index contributed by atoms with van der Waals surface area (Å²) in [6.07, 6.45) is 0.0523. The summed E-state index contributed by atoms with van der Waals surface area (Å²) in [5.41, 5.74) is 7.96. The van der Waals surface area contributed by atoms with Crippen LogP contribution < -0.4 is 25.6 Å². The monoisotopic (exact) mass is 475 g/mol. The molecular formula is C27H29N3O5. The molecule has 3 aromatic carbocycles. The van der Waals surface area contributed by atoms with E-state index in [0.717, 1.165) is 11.1 Å². The topological polar surface area (TPSA) is 106 Å². The molecule has 0 bridgehead atoms. The van der Waals surface area contributed by atoms with Crippen LogP contribution >= 0.6 is 0 Å². The molecule has 3 amide bonds. The predicted molar refractivity (Wildman–Crippen MR) is 134 cm³/mol. The van der Waals surface area contributed by atoms with Gasteiger partial charge in [0.05, 0.1) is 19.6 Å². The number of anilines is 1. The second-order valence-electron chi connectivity index (χ2n) is 7.73. The van der Waals surface area contributed by atoms with E-state index >= 15 is 0 Å². The van der Waals surface area contributed by atoms with Gasteiger partial charge in [-0.25, -0.2) is 0 Å². The summed E-state index contributed by atoms with van der Waals surface area (Å²) in [6.45, 7) is 6.65. The van der Waals surface area contributed by atoms with Gasteiger partial charge in [0.1, 0.15) is 0 Å². The predicted octanol–water partition coefficient (Wildman–Crippen LogP) is 4.05. The highest BCUT2D eigenvalue weighted by molar-refractivity contribution is 6.04. The number of hydrogen-bond donors (Lipinski definition) is 3. The second-order valence-corrected chi connectivity index (χ2v) is 7.73. The van der Waals surface area contributed by atoms with Gasteiger partial charge in [0.25, 0.3) is 11.8 Å². The number of ether oxygens (including phenoxy) is 2. The average molecular weight is 476 g/mol. The van der Waals surface area contributed by atoms with E-state index in [4.69, 9.17) is 9.47 Å². The lowest BCUT2D eigenvalue weighted by atomic mass is 10.1. The number of nitrogens with one attached hydrogen (secondary N) is 3. The van der Waals surface area contributed by atoms with Gasteiger partial charge in [0.2, 0.25) is 5.91 Å². The van der Waals surface area contributed by atoms with Gasteiger partial charge in [-0.1, -0.05) is 23.8 Å². The Morgan fingerprint density at radius 2 is 1.46 bits per heavy atom. The maximum Gasteiger partial charge on any atom is 0.269 e. The molecule has 8 heteroatoms. The van der Waals surface area contributed by atoms with Crippen molar-refractivity contribution in [2.75, 3.05) is 18.5 Å². The highest BCUT2D eigenvalue weighted by Gasteiger charge is 2.12.